The van der Waals surface area contributed by atoms with Gasteiger partial charge in [0, 0.05) is 22.7 Å². The summed E-state index contributed by atoms with van der Waals surface area (Å²) in [6.07, 6.45) is 2.86. The number of halogens is 2. The third-order valence-electron chi connectivity index (χ3n) is 2.70. The highest BCUT2D eigenvalue weighted by Gasteiger charge is 2.08. The molecule has 5 heteroatoms. The molecule has 106 valence electrons. The standard InChI is InChI=1S/C15H16Cl2N2S/c1-2-7-18-10-11-9-12(16)5-6-14(11)20-15-13(17)4-3-8-19-15/h3-6,8-9,18H,2,7,10H2,1H3. The molecule has 0 fully saturated rings. The van der Waals surface area contributed by atoms with E-state index in [-0.39, 0.29) is 0 Å². The summed E-state index contributed by atoms with van der Waals surface area (Å²) in [6, 6.07) is 9.58. The van der Waals surface area contributed by atoms with Crippen molar-refractivity contribution in [1.29, 1.82) is 0 Å². The number of hydrogen-bond acceptors (Lipinski definition) is 3. The van der Waals surface area contributed by atoms with Gasteiger partial charge in [-0.1, -0.05) is 41.9 Å². The Morgan fingerprint density at radius 1 is 1.25 bits per heavy atom. The molecule has 0 saturated heterocycles. The summed E-state index contributed by atoms with van der Waals surface area (Å²) in [7, 11) is 0. The quantitative estimate of drug-likeness (QED) is 0.753. The van der Waals surface area contributed by atoms with Crippen LogP contribution in [0.3, 0.4) is 0 Å². The molecule has 0 atom stereocenters. The van der Waals surface area contributed by atoms with Crippen molar-refractivity contribution < 1.29 is 0 Å². The molecule has 0 aliphatic heterocycles. The molecule has 0 amide bonds. The average molecular weight is 327 g/mol. The van der Waals surface area contributed by atoms with Crippen molar-refractivity contribution in [3.05, 3.63) is 52.1 Å². The number of aromatic nitrogens is 1. The Morgan fingerprint density at radius 2 is 2.10 bits per heavy atom. The van der Waals surface area contributed by atoms with Crippen molar-refractivity contribution >= 4 is 35.0 Å². The Morgan fingerprint density at radius 3 is 2.85 bits per heavy atom. The third-order valence-corrected chi connectivity index (χ3v) is 4.49. The van der Waals surface area contributed by atoms with Gasteiger partial charge < -0.3 is 5.32 Å². The number of rotatable bonds is 6. The third kappa shape index (κ3) is 4.38. The smallest absolute Gasteiger partial charge is 0.119 e. The van der Waals surface area contributed by atoms with Crippen molar-refractivity contribution in [1.82, 2.24) is 10.3 Å². The molecule has 1 N–H and O–H groups in total. The normalized spacial score (nSPS) is 10.8. The van der Waals surface area contributed by atoms with Gasteiger partial charge in [0.05, 0.1) is 5.02 Å². The summed E-state index contributed by atoms with van der Waals surface area (Å²) >= 11 is 13.8. The van der Waals surface area contributed by atoms with Crippen LogP contribution in [-0.4, -0.2) is 11.5 Å². The zero-order chi connectivity index (χ0) is 14.4. The highest BCUT2D eigenvalue weighted by Crippen LogP contribution is 2.34. The van der Waals surface area contributed by atoms with Crippen molar-refractivity contribution in [3.63, 3.8) is 0 Å². The monoisotopic (exact) mass is 326 g/mol. The number of nitrogens with zero attached hydrogens (tertiary/aromatic N) is 1. The maximum atomic E-state index is 6.16. The van der Waals surface area contributed by atoms with Gasteiger partial charge in [0.2, 0.25) is 0 Å². The average Bonchev–Trinajstić information content (AvgIpc) is 2.44. The van der Waals surface area contributed by atoms with Crippen LogP contribution < -0.4 is 5.32 Å². The highest BCUT2D eigenvalue weighted by molar-refractivity contribution is 7.99. The minimum atomic E-state index is 0.667. The molecule has 2 aromatic rings. The molecule has 0 aliphatic rings. The molecule has 0 saturated carbocycles. The van der Waals surface area contributed by atoms with Crippen LogP contribution in [0.5, 0.6) is 0 Å². The van der Waals surface area contributed by atoms with E-state index in [1.807, 2.05) is 30.3 Å². The van der Waals surface area contributed by atoms with Crippen LogP contribution in [0, 0.1) is 0 Å². The molecule has 1 heterocycles. The van der Waals surface area contributed by atoms with E-state index in [9.17, 15) is 0 Å². The minimum absolute atomic E-state index is 0.667. The molecule has 0 unspecified atom stereocenters. The molecule has 2 nitrogen and oxygen atoms in total. The van der Waals surface area contributed by atoms with Crippen LogP contribution in [0.1, 0.15) is 18.9 Å². The molecule has 1 aromatic heterocycles. The van der Waals surface area contributed by atoms with Gasteiger partial charge >= 0.3 is 0 Å². The van der Waals surface area contributed by atoms with E-state index < -0.39 is 0 Å². The molecule has 0 bridgehead atoms. The fraction of sp³-hybridized carbons (Fsp3) is 0.267. The number of hydrogen-bond donors (Lipinski definition) is 1. The van der Waals surface area contributed by atoms with Gasteiger partial charge in [0.1, 0.15) is 5.03 Å². The van der Waals surface area contributed by atoms with Crippen molar-refractivity contribution in [3.8, 4) is 0 Å². The summed E-state index contributed by atoms with van der Waals surface area (Å²) in [5.74, 6) is 0. The zero-order valence-corrected chi connectivity index (χ0v) is 13.5. The lowest BCUT2D eigenvalue weighted by atomic mass is 10.2. The highest BCUT2D eigenvalue weighted by atomic mass is 35.5. The van der Waals surface area contributed by atoms with E-state index in [0.29, 0.717) is 5.02 Å². The first-order valence-electron chi connectivity index (χ1n) is 6.48. The summed E-state index contributed by atoms with van der Waals surface area (Å²) in [4.78, 5) is 5.43. The summed E-state index contributed by atoms with van der Waals surface area (Å²) in [6.45, 7) is 3.93. The summed E-state index contributed by atoms with van der Waals surface area (Å²) in [5.41, 5.74) is 1.16. The van der Waals surface area contributed by atoms with Gasteiger partial charge in [-0.2, -0.15) is 0 Å². The van der Waals surface area contributed by atoms with Crippen molar-refractivity contribution in [2.24, 2.45) is 0 Å². The van der Waals surface area contributed by atoms with Crippen molar-refractivity contribution in [2.45, 2.75) is 29.8 Å². The first kappa shape index (κ1) is 15.6. The fourth-order valence-electron chi connectivity index (χ4n) is 1.74. The van der Waals surface area contributed by atoms with Crippen LogP contribution in [-0.2, 0) is 6.54 Å². The lowest BCUT2D eigenvalue weighted by molar-refractivity contribution is 0.669. The van der Waals surface area contributed by atoms with E-state index >= 15 is 0 Å². The molecule has 1 aromatic carbocycles. The number of benzene rings is 1. The SMILES string of the molecule is CCCNCc1cc(Cl)ccc1Sc1ncccc1Cl. The summed E-state index contributed by atoms with van der Waals surface area (Å²) in [5, 5.41) is 5.62. The van der Waals surface area contributed by atoms with Gasteiger partial charge in [-0.3, -0.25) is 0 Å². The Bertz CT molecular complexity index is 576. The molecule has 0 spiro atoms. The van der Waals surface area contributed by atoms with Gasteiger partial charge in [0.15, 0.2) is 0 Å². The van der Waals surface area contributed by atoms with E-state index in [2.05, 4.69) is 17.2 Å². The maximum absolute atomic E-state index is 6.16. The lowest BCUT2D eigenvalue weighted by Gasteiger charge is -2.11. The largest absolute Gasteiger partial charge is 0.313 e. The van der Waals surface area contributed by atoms with E-state index in [1.54, 1.807) is 18.0 Å². The van der Waals surface area contributed by atoms with Crippen molar-refractivity contribution in [2.75, 3.05) is 6.54 Å². The van der Waals surface area contributed by atoms with Crippen LogP contribution >= 0.6 is 35.0 Å². The second-order valence-electron chi connectivity index (χ2n) is 4.32. The first-order valence-corrected chi connectivity index (χ1v) is 8.05. The van der Waals surface area contributed by atoms with E-state index in [0.717, 1.165) is 40.0 Å². The lowest BCUT2D eigenvalue weighted by Crippen LogP contribution is -2.14. The Balaban J connectivity index is 2.20. The molecule has 2 rings (SSSR count). The van der Waals surface area contributed by atoms with E-state index in [1.165, 1.54) is 0 Å². The zero-order valence-electron chi connectivity index (χ0n) is 11.2. The molecular weight excluding hydrogens is 311 g/mol. The summed E-state index contributed by atoms with van der Waals surface area (Å²) < 4.78 is 0. The minimum Gasteiger partial charge on any atom is -0.313 e. The number of nitrogens with one attached hydrogen (secondary N) is 1. The van der Waals surface area contributed by atoms with Crippen LogP contribution in [0.2, 0.25) is 10.0 Å². The van der Waals surface area contributed by atoms with E-state index in [4.69, 9.17) is 23.2 Å². The predicted octanol–water partition coefficient (Wildman–Crippen LogP) is 5.04. The molecule has 0 aliphatic carbocycles. The Kier molecular flexibility index (Phi) is 6.17. The predicted molar refractivity (Wildman–Crippen MR) is 86.8 cm³/mol. The van der Waals surface area contributed by atoms with Gasteiger partial charge in [-0.15, -0.1) is 0 Å². The topological polar surface area (TPSA) is 24.9 Å². The number of pyridine rings is 1. The Labute approximate surface area is 133 Å². The van der Waals surface area contributed by atoms with Crippen LogP contribution in [0.25, 0.3) is 0 Å². The van der Waals surface area contributed by atoms with Gasteiger partial charge in [-0.05, 0) is 48.9 Å². The van der Waals surface area contributed by atoms with Crippen LogP contribution in [0.4, 0.5) is 0 Å². The Hall–Kier alpha value is -0.740. The van der Waals surface area contributed by atoms with Gasteiger partial charge in [-0.25, -0.2) is 4.98 Å². The first-order chi connectivity index (χ1) is 9.70. The molecular formula is C15H16Cl2N2S. The second-order valence-corrected chi connectivity index (χ2v) is 6.20. The fourth-order valence-corrected chi connectivity index (χ4v) is 3.05. The molecule has 20 heavy (non-hydrogen) atoms. The van der Waals surface area contributed by atoms with Gasteiger partial charge in [0.25, 0.3) is 0 Å². The van der Waals surface area contributed by atoms with Crippen LogP contribution in [0.15, 0.2) is 46.5 Å². The second kappa shape index (κ2) is 7.89. The molecule has 0 radical (unpaired) electrons. The maximum Gasteiger partial charge on any atom is 0.119 e.